The van der Waals surface area contributed by atoms with Crippen molar-refractivity contribution in [3.63, 3.8) is 0 Å². The lowest BCUT2D eigenvalue weighted by molar-refractivity contribution is -0.0904. The Kier molecular flexibility index (Phi) is 3.98. The molecule has 4 rings (SSSR count). The molecule has 5 heteroatoms. The van der Waals surface area contributed by atoms with Crippen molar-refractivity contribution in [2.45, 2.75) is 32.3 Å². The van der Waals surface area contributed by atoms with Gasteiger partial charge in [0.05, 0.1) is 12.3 Å². The van der Waals surface area contributed by atoms with Gasteiger partial charge >= 0.3 is 0 Å². The van der Waals surface area contributed by atoms with Gasteiger partial charge < -0.3 is 9.84 Å². The van der Waals surface area contributed by atoms with Crippen LogP contribution in [0, 0.1) is 13.8 Å². The molecule has 0 unspecified atom stereocenters. The van der Waals surface area contributed by atoms with E-state index in [4.69, 9.17) is 4.74 Å². The third-order valence-corrected chi connectivity index (χ3v) is 4.90. The van der Waals surface area contributed by atoms with E-state index in [2.05, 4.69) is 21.0 Å². The second-order valence-corrected chi connectivity index (χ2v) is 6.75. The van der Waals surface area contributed by atoms with E-state index in [-0.39, 0.29) is 0 Å². The smallest absolute Gasteiger partial charge is 0.114 e. The maximum absolute atomic E-state index is 10.8. The van der Waals surface area contributed by atoms with Crippen molar-refractivity contribution in [1.29, 1.82) is 0 Å². The Morgan fingerprint density at radius 2 is 1.92 bits per heavy atom. The van der Waals surface area contributed by atoms with Crippen LogP contribution in [-0.4, -0.2) is 33.3 Å². The molecule has 4 heterocycles. The number of pyridine rings is 3. The second-order valence-electron chi connectivity index (χ2n) is 6.75. The summed E-state index contributed by atoms with van der Waals surface area (Å²) >= 11 is 0. The first-order chi connectivity index (χ1) is 12.1. The van der Waals surface area contributed by atoms with E-state index < -0.39 is 5.60 Å². The second kappa shape index (κ2) is 6.17. The van der Waals surface area contributed by atoms with Gasteiger partial charge in [-0.3, -0.25) is 15.0 Å². The normalized spacial score (nSPS) is 20.8. The van der Waals surface area contributed by atoms with Gasteiger partial charge in [0, 0.05) is 53.1 Å². The summed E-state index contributed by atoms with van der Waals surface area (Å²) in [4.78, 5) is 13.5. The fourth-order valence-corrected chi connectivity index (χ4v) is 3.41. The van der Waals surface area contributed by atoms with Gasteiger partial charge in [0.15, 0.2) is 0 Å². The number of rotatable bonds is 2. The summed E-state index contributed by atoms with van der Waals surface area (Å²) in [6.07, 6.45) is 7.04. The zero-order valence-electron chi connectivity index (χ0n) is 14.5. The van der Waals surface area contributed by atoms with Gasteiger partial charge in [-0.25, -0.2) is 0 Å². The predicted octanol–water partition coefficient (Wildman–Crippen LogP) is 3.31. The van der Waals surface area contributed by atoms with Gasteiger partial charge in [-0.2, -0.15) is 0 Å². The molecule has 1 atom stereocenters. The summed E-state index contributed by atoms with van der Waals surface area (Å²) in [5, 5.41) is 12.9. The molecule has 1 aliphatic heterocycles. The van der Waals surface area contributed by atoms with Crippen LogP contribution in [0.4, 0.5) is 0 Å². The summed E-state index contributed by atoms with van der Waals surface area (Å²) < 4.78 is 5.44. The predicted molar refractivity (Wildman–Crippen MR) is 96.2 cm³/mol. The third-order valence-electron chi connectivity index (χ3n) is 4.90. The van der Waals surface area contributed by atoms with Crippen LogP contribution >= 0.6 is 0 Å². The van der Waals surface area contributed by atoms with Crippen molar-refractivity contribution in [1.82, 2.24) is 15.0 Å². The van der Waals surface area contributed by atoms with E-state index >= 15 is 0 Å². The van der Waals surface area contributed by atoms with Crippen molar-refractivity contribution in [2.24, 2.45) is 0 Å². The minimum atomic E-state index is -0.933. The molecular weight excluding hydrogens is 314 g/mol. The molecule has 0 saturated carbocycles. The average molecular weight is 335 g/mol. The molecular formula is C20H21N3O2. The molecule has 0 amide bonds. The summed E-state index contributed by atoms with van der Waals surface area (Å²) in [6, 6.07) is 5.96. The van der Waals surface area contributed by atoms with Crippen molar-refractivity contribution in [3.8, 4) is 11.3 Å². The highest BCUT2D eigenvalue weighted by Crippen LogP contribution is 2.32. The molecule has 0 bridgehead atoms. The number of hydrogen-bond acceptors (Lipinski definition) is 5. The number of aryl methyl sites for hydroxylation is 2. The molecule has 3 aromatic rings. The van der Waals surface area contributed by atoms with E-state index in [9.17, 15) is 5.11 Å². The molecule has 1 N–H and O–H groups in total. The Hall–Kier alpha value is -2.37. The maximum Gasteiger partial charge on any atom is 0.114 e. The van der Waals surface area contributed by atoms with E-state index in [0.29, 0.717) is 19.6 Å². The standard InChI is InChI=1S/C20H21N3O2/c1-13-8-16-17(10-21-13)14(2)22-11-18(16)19-5-4-15(9-23-19)20(24)6-3-7-25-12-20/h4-5,8-11,24H,3,6-7,12H2,1-2H3/t20-/m0/s1. The van der Waals surface area contributed by atoms with Crippen molar-refractivity contribution >= 4 is 10.8 Å². The Balaban J connectivity index is 1.77. The Labute approximate surface area is 146 Å². The molecule has 0 radical (unpaired) electrons. The highest BCUT2D eigenvalue weighted by Gasteiger charge is 2.32. The van der Waals surface area contributed by atoms with Crippen LogP contribution in [0.1, 0.15) is 29.8 Å². The monoisotopic (exact) mass is 335 g/mol. The molecule has 5 nitrogen and oxygen atoms in total. The summed E-state index contributed by atoms with van der Waals surface area (Å²) in [7, 11) is 0. The van der Waals surface area contributed by atoms with Gasteiger partial charge in [0.25, 0.3) is 0 Å². The minimum Gasteiger partial charge on any atom is -0.383 e. The van der Waals surface area contributed by atoms with Crippen LogP contribution < -0.4 is 0 Å². The van der Waals surface area contributed by atoms with Crippen molar-refractivity contribution < 1.29 is 9.84 Å². The zero-order chi connectivity index (χ0) is 17.4. The fourth-order valence-electron chi connectivity index (χ4n) is 3.41. The fraction of sp³-hybridized carbons (Fsp3) is 0.350. The number of ether oxygens (including phenoxy) is 1. The first-order valence-electron chi connectivity index (χ1n) is 8.56. The summed E-state index contributed by atoms with van der Waals surface area (Å²) in [5.74, 6) is 0. The minimum absolute atomic E-state index is 0.327. The van der Waals surface area contributed by atoms with E-state index in [0.717, 1.165) is 45.4 Å². The molecule has 3 aromatic heterocycles. The molecule has 0 spiro atoms. The Bertz CT molecular complexity index is 916. The van der Waals surface area contributed by atoms with Crippen LogP contribution in [-0.2, 0) is 10.3 Å². The number of aliphatic hydroxyl groups is 1. The van der Waals surface area contributed by atoms with Crippen LogP contribution in [0.3, 0.4) is 0 Å². The highest BCUT2D eigenvalue weighted by atomic mass is 16.5. The largest absolute Gasteiger partial charge is 0.383 e. The van der Waals surface area contributed by atoms with Gasteiger partial charge in [0.1, 0.15) is 5.60 Å². The van der Waals surface area contributed by atoms with Gasteiger partial charge in [0.2, 0.25) is 0 Å². The van der Waals surface area contributed by atoms with E-state index in [1.54, 1.807) is 6.20 Å². The first-order valence-corrected chi connectivity index (χ1v) is 8.56. The lowest BCUT2D eigenvalue weighted by atomic mass is 9.89. The van der Waals surface area contributed by atoms with E-state index in [1.165, 1.54) is 0 Å². The Morgan fingerprint density at radius 3 is 2.64 bits per heavy atom. The van der Waals surface area contributed by atoms with Crippen LogP contribution in [0.15, 0.2) is 36.8 Å². The molecule has 1 fully saturated rings. The molecule has 25 heavy (non-hydrogen) atoms. The lowest BCUT2D eigenvalue weighted by Gasteiger charge is -2.32. The number of nitrogens with zero attached hydrogens (tertiary/aromatic N) is 3. The van der Waals surface area contributed by atoms with Crippen LogP contribution in [0.25, 0.3) is 22.0 Å². The highest BCUT2D eigenvalue weighted by molar-refractivity contribution is 5.96. The van der Waals surface area contributed by atoms with E-state index in [1.807, 2.05) is 38.4 Å². The molecule has 0 aliphatic carbocycles. The maximum atomic E-state index is 10.8. The SMILES string of the molecule is Cc1cc2c(-c3ccc([C@]4(O)CCCOC4)cn3)cnc(C)c2cn1. The topological polar surface area (TPSA) is 68.1 Å². The van der Waals surface area contributed by atoms with Gasteiger partial charge in [-0.05, 0) is 44.2 Å². The number of aromatic nitrogens is 3. The van der Waals surface area contributed by atoms with Gasteiger partial charge in [-0.1, -0.05) is 6.07 Å². The van der Waals surface area contributed by atoms with Crippen molar-refractivity contribution in [3.05, 3.63) is 53.7 Å². The Morgan fingerprint density at radius 1 is 1.04 bits per heavy atom. The molecule has 128 valence electrons. The summed E-state index contributed by atoms with van der Waals surface area (Å²) in [5.41, 5.74) is 3.61. The van der Waals surface area contributed by atoms with Gasteiger partial charge in [-0.15, -0.1) is 0 Å². The van der Waals surface area contributed by atoms with Crippen LogP contribution in [0.5, 0.6) is 0 Å². The average Bonchev–Trinajstić information content (AvgIpc) is 2.63. The number of fused-ring (bicyclic) bond motifs is 1. The summed E-state index contributed by atoms with van der Waals surface area (Å²) in [6.45, 7) is 5.00. The molecule has 1 saturated heterocycles. The van der Waals surface area contributed by atoms with Crippen LogP contribution in [0.2, 0.25) is 0 Å². The third kappa shape index (κ3) is 2.90. The molecule has 1 aliphatic rings. The zero-order valence-corrected chi connectivity index (χ0v) is 14.5. The lowest BCUT2D eigenvalue weighted by Crippen LogP contribution is -2.35. The number of hydrogen-bond donors (Lipinski definition) is 1. The van der Waals surface area contributed by atoms with Crippen molar-refractivity contribution in [2.75, 3.05) is 13.2 Å². The quantitative estimate of drug-likeness (QED) is 0.778. The first kappa shape index (κ1) is 16.1. The molecule has 0 aromatic carbocycles.